The number of carbonyl (C=O) groups excluding carboxylic acids is 2. The quantitative estimate of drug-likeness (QED) is 0.374. The fourth-order valence-electron chi connectivity index (χ4n) is 5.03. The fraction of sp³-hybridized carbons (Fsp3) is 0.400. The first kappa shape index (κ1) is 27.6. The number of nitrogens with zero attached hydrogens (tertiary/aromatic N) is 2. The molecule has 0 saturated heterocycles. The molecule has 0 aromatic heterocycles. The van der Waals surface area contributed by atoms with Gasteiger partial charge in [-0.25, -0.2) is 8.42 Å². The predicted molar refractivity (Wildman–Crippen MR) is 151 cm³/mol. The fourth-order valence-corrected chi connectivity index (χ4v) is 6.78. The molecule has 0 bridgehead atoms. The summed E-state index contributed by atoms with van der Waals surface area (Å²) in [6, 6.07) is 18.1. The highest BCUT2D eigenvalue weighted by Gasteiger charge is 2.35. The van der Waals surface area contributed by atoms with Crippen LogP contribution < -0.4 is 9.62 Å². The van der Waals surface area contributed by atoms with Gasteiger partial charge in [-0.15, -0.1) is 0 Å². The van der Waals surface area contributed by atoms with Crippen LogP contribution in [0.4, 0.5) is 5.69 Å². The van der Waals surface area contributed by atoms with E-state index in [0.29, 0.717) is 42.4 Å². The Morgan fingerprint density at radius 3 is 2.39 bits per heavy atom. The molecule has 3 aromatic rings. The molecule has 1 N–H and O–H groups in total. The zero-order valence-electron chi connectivity index (χ0n) is 22.6. The molecule has 1 atom stereocenters. The maximum Gasteiger partial charge on any atom is 0.265 e. The van der Waals surface area contributed by atoms with Crippen LogP contribution in [0.3, 0.4) is 0 Å². The van der Waals surface area contributed by atoms with Gasteiger partial charge in [-0.2, -0.15) is 0 Å². The lowest BCUT2D eigenvalue weighted by atomic mass is 10.0. The lowest BCUT2D eigenvalue weighted by molar-refractivity contribution is -0.141. The van der Waals surface area contributed by atoms with Crippen molar-refractivity contribution in [3.63, 3.8) is 0 Å². The normalized spacial score (nSPS) is 14.6. The second kappa shape index (κ2) is 11.6. The number of amides is 2. The van der Waals surface area contributed by atoms with Crippen molar-refractivity contribution in [1.82, 2.24) is 10.2 Å². The molecule has 2 amide bonds. The number of hydrogen-bond acceptors (Lipinski definition) is 4. The molecule has 7 nitrogen and oxygen atoms in total. The van der Waals surface area contributed by atoms with Crippen molar-refractivity contribution in [2.75, 3.05) is 17.4 Å². The predicted octanol–water partition coefficient (Wildman–Crippen LogP) is 5.02. The topological polar surface area (TPSA) is 86.8 Å². The molecule has 0 spiro atoms. The Balaban J connectivity index is 1.52. The van der Waals surface area contributed by atoms with Crippen LogP contribution in [0.15, 0.2) is 65.6 Å². The number of benzene rings is 3. The highest BCUT2D eigenvalue weighted by atomic mass is 32.2. The Morgan fingerprint density at radius 2 is 1.71 bits per heavy atom. The van der Waals surface area contributed by atoms with Crippen molar-refractivity contribution in [2.24, 2.45) is 5.92 Å². The lowest BCUT2D eigenvalue weighted by Gasteiger charge is -2.31. The molecule has 4 rings (SSSR count). The van der Waals surface area contributed by atoms with E-state index in [0.717, 1.165) is 21.9 Å². The Bertz CT molecular complexity index is 1430. The van der Waals surface area contributed by atoms with E-state index < -0.39 is 16.1 Å². The number of rotatable bonds is 11. The van der Waals surface area contributed by atoms with E-state index in [1.54, 1.807) is 17.0 Å². The summed E-state index contributed by atoms with van der Waals surface area (Å²) in [6.45, 7) is 9.02. The summed E-state index contributed by atoms with van der Waals surface area (Å²) >= 11 is 0. The first-order chi connectivity index (χ1) is 18.1. The second-order valence-corrected chi connectivity index (χ2v) is 12.2. The van der Waals surface area contributed by atoms with Crippen LogP contribution in [0.1, 0.15) is 51.2 Å². The summed E-state index contributed by atoms with van der Waals surface area (Å²) in [7, 11) is -3.68. The first-order valence-corrected chi connectivity index (χ1v) is 14.7. The molecule has 3 aromatic carbocycles. The number of sulfonamides is 1. The van der Waals surface area contributed by atoms with Crippen molar-refractivity contribution in [3.8, 4) is 0 Å². The maximum absolute atomic E-state index is 13.6. The van der Waals surface area contributed by atoms with Crippen LogP contribution in [0, 0.1) is 12.8 Å². The van der Waals surface area contributed by atoms with Crippen molar-refractivity contribution in [3.05, 3.63) is 71.8 Å². The minimum absolute atomic E-state index is 0.137. The molecule has 0 aliphatic carbocycles. The molecule has 202 valence electrons. The smallest absolute Gasteiger partial charge is 0.265 e. The van der Waals surface area contributed by atoms with E-state index in [4.69, 9.17) is 0 Å². The summed E-state index contributed by atoms with van der Waals surface area (Å²) in [6.07, 6.45) is 0.967. The molecule has 1 heterocycles. The third kappa shape index (κ3) is 5.55. The van der Waals surface area contributed by atoms with Crippen LogP contribution in [-0.4, -0.2) is 44.3 Å². The summed E-state index contributed by atoms with van der Waals surface area (Å²) < 4.78 is 28.0. The van der Waals surface area contributed by atoms with Gasteiger partial charge in [-0.05, 0) is 54.3 Å². The van der Waals surface area contributed by atoms with Crippen molar-refractivity contribution < 1.29 is 18.0 Å². The van der Waals surface area contributed by atoms with Crippen LogP contribution in [0.5, 0.6) is 0 Å². The van der Waals surface area contributed by atoms with E-state index in [9.17, 15) is 18.0 Å². The minimum Gasteiger partial charge on any atom is -0.354 e. The molecule has 38 heavy (non-hydrogen) atoms. The molecule has 1 aliphatic rings. The number of aryl methyl sites for hydroxylation is 1. The van der Waals surface area contributed by atoms with Gasteiger partial charge >= 0.3 is 0 Å². The number of nitrogens with one attached hydrogen (secondary N) is 1. The van der Waals surface area contributed by atoms with Gasteiger partial charge in [-0.1, -0.05) is 69.3 Å². The molecule has 0 saturated carbocycles. The second-order valence-electron chi connectivity index (χ2n) is 10.3. The summed E-state index contributed by atoms with van der Waals surface area (Å²) in [5.41, 5.74) is 2.69. The lowest BCUT2D eigenvalue weighted by Crippen LogP contribution is -2.49. The van der Waals surface area contributed by atoms with Gasteiger partial charge in [-0.3, -0.25) is 13.9 Å². The number of hydrogen-bond donors (Lipinski definition) is 1. The standard InChI is InChI=1S/C30H37N3O4S/c1-5-25(30(35)31-19-21(2)3)32(20-24-12-7-6-11-22(24)4)28(34)17-10-18-33-26-15-8-13-23-14-9-16-27(29(23)26)38(33,36)37/h6-9,11-16,21,25H,5,10,17-20H2,1-4H3,(H,31,35)/t25-/m1/s1. The highest BCUT2D eigenvalue weighted by molar-refractivity contribution is 7.93. The molecule has 1 aliphatic heterocycles. The molecular weight excluding hydrogens is 498 g/mol. The van der Waals surface area contributed by atoms with Gasteiger partial charge in [0.2, 0.25) is 11.8 Å². The van der Waals surface area contributed by atoms with Gasteiger partial charge in [0.25, 0.3) is 10.0 Å². The Hall–Kier alpha value is -3.39. The third-order valence-corrected chi connectivity index (χ3v) is 8.96. The molecule has 0 fully saturated rings. The highest BCUT2D eigenvalue weighted by Crippen LogP contribution is 2.42. The van der Waals surface area contributed by atoms with E-state index >= 15 is 0 Å². The molecular formula is C30H37N3O4S. The minimum atomic E-state index is -3.68. The van der Waals surface area contributed by atoms with Crippen LogP contribution in [-0.2, 0) is 26.2 Å². The van der Waals surface area contributed by atoms with Gasteiger partial charge in [0, 0.05) is 31.4 Å². The van der Waals surface area contributed by atoms with Gasteiger partial charge in [0.05, 0.1) is 10.6 Å². The van der Waals surface area contributed by atoms with Gasteiger partial charge < -0.3 is 10.2 Å². The van der Waals surface area contributed by atoms with Crippen molar-refractivity contribution >= 4 is 38.3 Å². The Labute approximate surface area is 225 Å². The zero-order chi connectivity index (χ0) is 27.4. The third-order valence-electron chi connectivity index (χ3n) is 7.11. The van der Waals surface area contributed by atoms with E-state index in [1.807, 2.05) is 76.2 Å². The van der Waals surface area contributed by atoms with Gasteiger partial charge in [0.15, 0.2) is 0 Å². The van der Waals surface area contributed by atoms with E-state index in [2.05, 4.69) is 5.32 Å². The van der Waals surface area contributed by atoms with Crippen LogP contribution in [0.2, 0.25) is 0 Å². The zero-order valence-corrected chi connectivity index (χ0v) is 23.4. The maximum atomic E-state index is 13.6. The van der Waals surface area contributed by atoms with Crippen LogP contribution >= 0.6 is 0 Å². The average molecular weight is 536 g/mol. The summed E-state index contributed by atoms with van der Waals surface area (Å²) in [5, 5.41) is 4.59. The molecule has 0 unspecified atom stereocenters. The first-order valence-electron chi connectivity index (χ1n) is 13.3. The average Bonchev–Trinajstić information content (AvgIpc) is 3.11. The summed E-state index contributed by atoms with van der Waals surface area (Å²) in [4.78, 5) is 28.7. The van der Waals surface area contributed by atoms with Crippen LogP contribution in [0.25, 0.3) is 10.8 Å². The SMILES string of the molecule is CC[C@H](C(=O)NCC(C)C)N(Cc1ccccc1C)C(=O)CCCN1c2cccc3cccc(c23)S1(=O)=O. The Morgan fingerprint density at radius 1 is 1.00 bits per heavy atom. The van der Waals surface area contributed by atoms with Gasteiger partial charge in [0.1, 0.15) is 6.04 Å². The molecule has 8 heteroatoms. The number of carbonyl (C=O) groups is 2. The van der Waals surface area contributed by atoms with E-state index in [-0.39, 0.29) is 24.8 Å². The molecule has 0 radical (unpaired) electrons. The summed E-state index contributed by atoms with van der Waals surface area (Å²) in [5.74, 6) is -0.0209. The van der Waals surface area contributed by atoms with E-state index in [1.165, 1.54) is 4.31 Å². The number of anilines is 1. The monoisotopic (exact) mass is 535 g/mol. The largest absolute Gasteiger partial charge is 0.354 e. The Kier molecular flexibility index (Phi) is 8.41. The van der Waals surface area contributed by atoms with Crippen molar-refractivity contribution in [2.45, 2.75) is 64.4 Å². The van der Waals surface area contributed by atoms with Crippen molar-refractivity contribution in [1.29, 1.82) is 0 Å².